The Kier molecular flexibility index (Phi) is 5.44. The highest BCUT2D eigenvalue weighted by molar-refractivity contribution is 5.80. The molecule has 0 bridgehead atoms. The Labute approximate surface area is 174 Å². The number of imidazole rings is 1. The number of nitrogens with zero attached hydrogens (tertiary/aromatic N) is 4. The van der Waals surface area contributed by atoms with Crippen LogP contribution in [0.4, 0.5) is 27.9 Å². The molecule has 1 aliphatic rings. The lowest BCUT2D eigenvalue weighted by atomic mass is 9.96. The lowest BCUT2D eigenvalue weighted by molar-refractivity contribution is -0.289. The molecule has 4 rings (SSSR count). The molecule has 166 valence electrons. The Hall–Kier alpha value is -2.98. The van der Waals surface area contributed by atoms with Crippen LogP contribution < -0.4 is 10.1 Å². The number of anilines is 1. The Morgan fingerprint density at radius 1 is 1.06 bits per heavy atom. The van der Waals surface area contributed by atoms with Gasteiger partial charge < -0.3 is 10.1 Å². The van der Waals surface area contributed by atoms with Gasteiger partial charge in [0.15, 0.2) is 0 Å². The van der Waals surface area contributed by atoms with Crippen molar-refractivity contribution in [2.75, 3.05) is 12.4 Å². The lowest BCUT2D eigenvalue weighted by Crippen LogP contribution is -2.34. The zero-order valence-corrected chi connectivity index (χ0v) is 16.6. The summed E-state index contributed by atoms with van der Waals surface area (Å²) < 4.78 is 74.7. The van der Waals surface area contributed by atoms with Crippen molar-refractivity contribution in [2.45, 2.75) is 50.2 Å². The van der Waals surface area contributed by atoms with Crippen LogP contribution in [0.1, 0.15) is 37.7 Å². The van der Waals surface area contributed by atoms with Gasteiger partial charge in [0.1, 0.15) is 17.8 Å². The maximum atomic E-state index is 14.4. The summed E-state index contributed by atoms with van der Waals surface area (Å²) in [5.74, 6) is -4.88. The standard InChI is InChI=1S/C20H20F5N5O/c1-31-13-7-8-14(15(9-13)19(21,22)20(23,24)25)17-16-10-26-11-30(16)18(29-28-17)27-12-5-3-2-4-6-12/h7-12H,2-6H2,1H3,(H,27,29). The van der Waals surface area contributed by atoms with E-state index in [1.807, 2.05) is 0 Å². The van der Waals surface area contributed by atoms with Crippen LogP contribution in [-0.4, -0.2) is 38.9 Å². The fourth-order valence-electron chi connectivity index (χ4n) is 3.82. The quantitative estimate of drug-likeness (QED) is 0.552. The van der Waals surface area contributed by atoms with Crippen molar-refractivity contribution in [1.82, 2.24) is 19.6 Å². The summed E-state index contributed by atoms with van der Waals surface area (Å²) >= 11 is 0. The zero-order valence-electron chi connectivity index (χ0n) is 16.6. The van der Waals surface area contributed by atoms with E-state index >= 15 is 0 Å². The van der Waals surface area contributed by atoms with E-state index in [1.165, 1.54) is 30.1 Å². The molecule has 0 amide bonds. The normalized spacial score (nSPS) is 15.9. The van der Waals surface area contributed by atoms with Crippen LogP contribution in [0.3, 0.4) is 0 Å². The van der Waals surface area contributed by atoms with Gasteiger partial charge in [-0.3, -0.25) is 4.40 Å². The second-order valence-electron chi connectivity index (χ2n) is 7.48. The minimum Gasteiger partial charge on any atom is -0.497 e. The molecule has 1 aliphatic carbocycles. The van der Waals surface area contributed by atoms with Gasteiger partial charge in [0, 0.05) is 17.2 Å². The predicted molar refractivity (Wildman–Crippen MR) is 103 cm³/mol. The topological polar surface area (TPSA) is 64.3 Å². The van der Waals surface area contributed by atoms with Crippen molar-refractivity contribution in [3.05, 3.63) is 36.3 Å². The van der Waals surface area contributed by atoms with Gasteiger partial charge in [-0.1, -0.05) is 19.3 Å². The third-order valence-corrected chi connectivity index (χ3v) is 5.47. The minimum atomic E-state index is -5.79. The van der Waals surface area contributed by atoms with Crippen molar-refractivity contribution in [1.29, 1.82) is 0 Å². The van der Waals surface area contributed by atoms with Crippen LogP contribution >= 0.6 is 0 Å². The summed E-state index contributed by atoms with van der Waals surface area (Å²) in [5, 5.41) is 11.4. The van der Waals surface area contributed by atoms with Gasteiger partial charge in [-0.2, -0.15) is 22.0 Å². The Balaban J connectivity index is 1.83. The zero-order chi connectivity index (χ0) is 22.2. The number of halogens is 5. The molecule has 31 heavy (non-hydrogen) atoms. The molecule has 1 N–H and O–H groups in total. The molecule has 2 aromatic heterocycles. The highest BCUT2D eigenvalue weighted by atomic mass is 19.4. The van der Waals surface area contributed by atoms with Crippen molar-refractivity contribution in [3.8, 4) is 17.0 Å². The third kappa shape index (κ3) is 3.88. The Morgan fingerprint density at radius 3 is 2.48 bits per heavy atom. The second kappa shape index (κ2) is 7.93. The molecular weight excluding hydrogens is 421 g/mol. The van der Waals surface area contributed by atoms with Crippen LogP contribution in [0.5, 0.6) is 5.75 Å². The number of rotatable bonds is 5. The van der Waals surface area contributed by atoms with Gasteiger partial charge in [0.2, 0.25) is 5.95 Å². The first-order valence-electron chi connectivity index (χ1n) is 9.81. The molecule has 11 heteroatoms. The molecule has 1 aromatic carbocycles. The fraction of sp³-hybridized carbons (Fsp3) is 0.450. The van der Waals surface area contributed by atoms with E-state index in [0.29, 0.717) is 12.0 Å². The lowest BCUT2D eigenvalue weighted by Gasteiger charge is -2.24. The number of nitrogens with one attached hydrogen (secondary N) is 1. The second-order valence-corrected chi connectivity index (χ2v) is 7.48. The number of methoxy groups -OCH3 is 1. The molecule has 6 nitrogen and oxygen atoms in total. The van der Waals surface area contributed by atoms with E-state index in [-0.39, 0.29) is 23.0 Å². The number of alkyl halides is 5. The average molecular weight is 441 g/mol. The molecule has 2 heterocycles. The summed E-state index contributed by atoms with van der Waals surface area (Å²) in [7, 11) is 1.19. The highest BCUT2D eigenvalue weighted by Gasteiger charge is 2.60. The van der Waals surface area contributed by atoms with Crippen molar-refractivity contribution in [3.63, 3.8) is 0 Å². The van der Waals surface area contributed by atoms with E-state index in [9.17, 15) is 22.0 Å². The van der Waals surface area contributed by atoms with Crippen LogP contribution in [0, 0.1) is 0 Å². The number of hydrogen-bond donors (Lipinski definition) is 1. The van der Waals surface area contributed by atoms with E-state index in [4.69, 9.17) is 4.74 Å². The molecular formula is C20H20F5N5O. The van der Waals surface area contributed by atoms with Gasteiger partial charge in [-0.25, -0.2) is 4.98 Å². The number of fused-ring (bicyclic) bond motifs is 1. The number of aromatic nitrogens is 4. The monoisotopic (exact) mass is 441 g/mol. The van der Waals surface area contributed by atoms with Crippen LogP contribution in [-0.2, 0) is 5.92 Å². The number of ether oxygens (including phenoxy) is 1. The van der Waals surface area contributed by atoms with Crippen molar-refractivity contribution >= 4 is 11.5 Å². The van der Waals surface area contributed by atoms with Crippen LogP contribution in [0.15, 0.2) is 30.7 Å². The summed E-state index contributed by atoms with van der Waals surface area (Å²) in [4.78, 5) is 4.02. The SMILES string of the molecule is COc1ccc(-c2nnc(NC3CCCCC3)n3cncc23)c(C(F)(F)C(F)(F)F)c1. The maximum Gasteiger partial charge on any atom is 0.458 e. The summed E-state index contributed by atoms with van der Waals surface area (Å²) in [6, 6.07) is 3.28. The number of benzene rings is 1. The predicted octanol–water partition coefficient (Wildman–Crippen LogP) is 5.20. The summed E-state index contributed by atoms with van der Waals surface area (Å²) in [6.07, 6.45) is 2.23. The molecule has 1 fully saturated rings. The van der Waals surface area contributed by atoms with Gasteiger partial charge in [0.25, 0.3) is 0 Å². The minimum absolute atomic E-state index is 0.129. The van der Waals surface area contributed by atoms with E-state index < -0.39 is 23.2 Å². The first kappa shape index (κ1) is 21.3. The first-order chi connectivity index (χ1) is 14.7. The maximum absolute atomic E-state index is 14.4. The summed E-state index contributed by atoms with van der Waals surface area (Å²) in [6.45, 7) is 0. The molecule has 0 radical (unpaired) electrons. The average Bonchev–Trinajstić information content (AvgIpc) is 3.24. The molecule has 0 unspecified atom stereocenters. The molecule has 0 aliphatic heterocycles. The largest absolute Gasteiger partial charge is 0.497 e. The van der Waals surface area contributed by atoms with Gasteiger partial charge >= 0.3 is 12.1 Å². The van der Waals surface area contributed by atoms with Crippen molar-refractivity contribution < 1.29 is 26.7 Å². The van der Waals surface area contributed by atoms with Gasteiger partial charge in [-0.15, -0.1) is 10.2 Å². The molecule has 0 atom stereocenters. The summed E-state index contributed by atoms with van der Waals surface area (Å²) in [5.41, 5.74) is -1.53. The Bertz CT molecular complexity index is 1080. The smallest absolute Gasteiger partial charge is 0.458 e. The van der Waals surface area contributed by atoms with Gasteiger partial charge in [-0.05, 0) is 31.0 Å². The third-order valence-electron chi connectivity index (χ3n) is 5.47. The molecule has 3 aromatic rings. The highest BCUT2D eigenvalue weighted by Crippen LogP contribution is 2.48. The Morgan fingerprint density at radius 2 is 1.81 bits per heavy atom. The number of hydrogen-bond acceptors (Lipinski definition) is 5. The van der Waals surface area contributed by atoms with E-state index in [2.05, 4.69) is 20.5 Å². The molecule has 0 saturated heterocycles. The van der Waals surface area contributed by atoms with Gasteiger partial charge in [0.05, 0.1) is 18.8 Å². The fourth-order valence-corrected chi connectivity index (χ4v) is 3.82. The van der Waals surface area contributed by atoms with Crippen LogP contribution in [0.25, 0.3) is 16.8 Å². The van der Waals surface area contributed by atoms with E-state index in [1.54, 1.807) is 0 Å². The first-order valence-corrected chi connectivity index (χ1v) is 9.81. The van der Waals surface area contributed by atoms with Crippen LogP contribution in [0.2, 0.25) is 0 Å². The molecule has 0 spiro atoms. The van der Waals surface area contributed by atoms with E-state index in [0.717, 1.165) is 38.2 Å². The molecule has 1 saturated carbocycles. The van der Waals surface area contributed by atoms with Crippen molar-refractivity contribution in [2.24, 2.45) is 0 Å².